The molecular weight excluding hydrogens is 222 g/mol. The summed E-state index contributed by atoms with van der Waals surface area (Å²) >= 11 is 0. The standard InChI is InChI=1S/C16H25NO/c1-6-9-17-11-14(5)18-16-10-15(12(2)3)8-7-13(16)4/h6-8,10,12,14,17H,1,9,11H2,2-5H3. The smallest absolute Gasteiger partial charge is 0.122 e. The van der Waals surface area contributed by atoms with E-state index in [4.69, 9.17) is 4.74 Å². The van der Waals surface area contributed by atoms with E-state index in [0.29, 0.717) is 5.92 Å². The molecule has 1 atom stereocenters. The second-order valence-electron chi connectivity index (χ2n) is 5.06. The number of rotatable bonds is 7. The van der Waals surface area contributed by atoms with Crippen molar-refractivity contribution in [3.05, 3.63) is 42.0 Å². The van der Waals surface area contributed by atoms with Crippen molar-refractivity contribution in [2.45, 2.75) is 39.7 Å². The van der Waals surface area contributed by atoms with Crippen LogP contribution in [0.25, 0.3) is 0 Å². The van der Waals surface area contributed by atoms with Crippen molar-refractivity contribution >= 4 is 0 Å². The maximum Gasteiger partial charge on any atom is 0.122 e. The predicted molar refractivity (Wildman–Crippen MR) is 78.4 cm³/mol. The monoisotopic (exact) mass is 247 g/mol. The van der Waals surface area contributed by atoms with Gasteiger partial charge < -0.3 is 10.1 Å². The van der Waals surface area contributed by atoms with Crippen molar-refractivity contribution in [1.82, 2.24) is 5.32 Å². The van der Waals surface area contributed by atoms with Gasteiger partial charge in [-0.2, -0.15) is 0 Å². The van der Waals surface area contributed by atoms with E-state index in [1.165, 1.54) is 11.1 Å². The van der Waals surface area contributed by atoms with E-state index in [1.807, 2.05) is 6.08 Å². The fourth-order valence-corrected chi connectivity index (χ4v) is 1.75. The van der Waals surface area contributed by atoms with Crippen LogP contribution < -0.4 is 10.1 Å². The normalized spacial score (nSPS) is 12.5. The summed E-state index contributed by atoms with van der Waals surface area (Å²) in [5.74, 6) is 1.52. The van der Waals surface area contributed by atoms with Crippen LogP contribution >= 0.6 is 0 Å². The Balaban J connectivity index is 2.64. The summed E-state index contributed by atoms with van der Waals surface area (Å²) in [6.07, 6.45) is 2.02. The number of ether oxygens (including phenoxy) is 1. The van der Waals surface area contributed by atoms with Crippen LogP contribution in [0.2, 0.25) is 0 Å². The van der Waals surface area contributed by atoms with Gasteiger partial charge in [-0.15, -0.1) is 6.58 Å². The van der Waals surface area contributed by atoms with Gasteiger partial charge in [-0.25, -0.2) is 0 Å². The largest absolute Gasteiger partial charge is 0.489 e. The van der Waals surface area contributed by atoms with Gasteiger partial charge in [-0.1, -0.05) is 32.1 Å². The maximum absolute atomic E-state index is 5.99. The molecule has 0 bridgehead atoms. The highest BCUT2D eigenvalue weighted by Crippen LogP contribution is 2.24. The molecule has 0 heterocycles. The van der Waals surface area contributed by atoms with Crippen LogP contribution in [0.1, 0.15) is 37.8 Å². The number of benzene rings is 1. The molecule has 0 radical (unpaired) electrons. The fraction of sp³-hybridized carbons (Fsp3) is 0.500. The van der Waals surface area contributed by atoms with Crippen LogP contribution in [0.5, 0.6) is 5.75 Å². The van der Waals surface area contributed by atoms with Gasteiger partial charge in [0.25, 0.3) is 0 Å². The van der Waals surface area contributed by atoms with Gasteiger partial charge in [-0.05, 0) is 37.0 Å². The Morgan fingerprint density at radius 2 is 2.06 bits per heavy atom. The Morgan fingerprint density at radius 1 is 1.33 bits per heavy atom. The Labute approximate surface area is 111 Å². The second kappa shape index (κ2) is 7.22. The number of hydrogen-bond acceptors (Lipinski definition) is 2. The van der Waals surface area contributed by atoms with Gasteiger partial charge in [-0.3, -0.25) is 0 Å². The summed E-state index contributed by atoms with van der Waals surface area (Å²) in [5, 5.41) is 3.27. The third-order valence-corrected chi connectivity index (χ3v) is 2.93. The minimum atomic E-state index is 0.158. The van der Waals surface area contributed by atoms with Crippen LogP contribution in [0.4, 0.5) is 0 Å². The lowest BCUT2D eigenvalue weighted by Gasteiger charge is -2.18. The molecule has 0 saturated heterocycles. The molecule has 1 N–H and O–H groups in total. The zero-order valence-electron chi connectivity index (χ0n) is 12.0. The van der Waals surface area contributed by atoms with Crippen LogP contribution in [0.3, 0.4) is 0 Å². The zero-order valence-corrected chi connectivity index (χ0v) is 12.0. The van der Waals surface area contributed by atoms with Crippen LogP contribution in [0, 0.1) is 6.92 Å². The first kappa shape index (κ1) is 14.8. The Kier molecular flexibility index (Phi) is 5.93. The second-order valence-corrected chi connectivity index (χ2v) is 5.06. The van der Waals surface area contributed by atoms with Gasteiger partial charge in [0.2, 0.25) is 0 Å². The van der Waals surface area contributed by atoms with Crippen LogP contribution in [0.15, 0.2) is 30.9 Å². The number of hydrogen-bond donors (Lipinski definition) is 1. The van der Waals surface area contributed by atoms with Crippen LogP contribution in [-0.2, 0) is 0 Å². The van der Waals surface area contributed by atoms with Gasteiger partial charge in [0, 0.05) is 13.1 Å². The molecule has 0 fully saturated rings. The van der Waals surface area contributed by atoms with Crippen molar-refractivity contribution in [3.63, 3.8) is 0 Å². The Hall–Kier alpha value is -1.28. The lowest BCUT2D eigenvalue weighted by atomic mass is 10.0. The van der Waals surface area contributed by atoms with Gasteiger partial charge in [0.05, 0.1) is 0 Å². The van der Waals surface area contributed by atoms with Gasteiger partial charge >= 0.3 is 0 Å². The molecule has 0 spiro atoms. The van der Waals surface area contributed by atoms with E-state index in [-0.39, 0.29) is 6.10 Å². The summed E-state index contributed by atoms with van der Waals surface area (Å²) in [6.45, 7) is 13.9. The quantitative estimate of drug-likeness (QED) is 0.586. The molecule has 0 aliphatic rings. The molecule has 0 saturated carbocycles. The molecule has 18 heavy (non-hydrogen) atoms. The Bertz CT molecular complexity index is 385. The average molecular weight is 247 g/mol. The van der Waals surface area contributed by atoms with Gasteiger partial charge in [0.15, 0.2) is 0 Å². The highest BCUT2D eigenvalue weighted by molar-refractivity contribution is 5.37. The molecule has 1 aromatic rings. The van der Waals surface area contributed by atoms with E-state index in [0.717, 1.165) is 18.8 Å². The molecule has 1 rings (SSSR count). The van der Waals surface area contributed by atoms with E-state index >= 15 is 0 Å². The average Bonchev–Trinajstić information content (AvgIpc) is 2.32. The zero-order chi connectivity index (χ0) is 13.5. The van der Waals surface area contributed by atoms with Gasteiger partial charge in [0.1, 0.15) is 11.9 Å². The summed E-state index contributed by atoms with van der Waals surface area (Å²) in [4.78, 5) is 0. The lowest BCUT2D eigenvalue weighted by molar-refractivity contribution is 0.217. The van der Waals surface area contributed by atoms with Crippen molar-refractivity contribution in [2.24, 2.45) is 0 Å². The maximum atomic E-state index is 5.99. The topological polar surface area (TPSA) is 21.3 Å². The van der Waals surface area contributed by atoms with Crippen LogP contribution in [-0.4, -0.2) is 19.2 Å². The summed E-state index contributed by atoms with van der Waals surface area (Å²) in [5.41, 5.74) is 2.51. The summed E-state index contributed by atoms with van der Waals surface area (Å²) in [7, 11) is 0. The molecule has 2 nitrogen and oxygen atoms in total. The van der Waals surface area contributed by atoms with Crippen molar-refractivity contribution < 1.29 is 4.74 Å². The number of aryl methyl sites for hydroxylation is 1. The molecule has 1 aromatic carbocycles. The minimum Gasteiger partial charge on any atom is -0.489 e. The lowest BCUT2D eigenvalue weighted by Crippen LogP contribution is -2.29. The third-order valence-electron chi connectivity index (χ3n) is 2.93. The first-order valence-electron chi connectivity index (χ1n) is 6.63. The number of nitrogens with one attached hydrogen (secondary N) is 1. The summed E-state index contributed by atoms with van der Waals surface area (Å²) < 4.78 is 5.99. The minimum absolute atomic E-state index is 0.158. The SMILES string of the molecule is C=CCNCC(C)Oc1cc(C(C)C)ccc1C. The summed E-state index contributed by atoms with van der Waals surface area (Å²) in [6, 6.07) is 6.46. The first-order chi connectivity index (χ1) is 8.54. The molecule has 2 heteroatoms. The third kappa shape index (κ3) is 4.53. The highest BCUT2D eigenvalue weighted by Gasteiger charge is 2.08. The molecule has 0 amide bonds. The van der Waals surface area contributed by atoms with Crippen molar-refractivity contribution in [2.75, 3.05) is 13.1 Å². The molecule has 0 aliphatic carbocycles. The fourth-order valence-electron chi connectivity index (χ4n) is 1.75. The van der Waals surface area contributed by atoms with E-state index in [1.54, 1.807) is 0 Å². The van der Waals surface area contributed by atoms with Crippen molar-refractivity contribution in [3.8, 4) is 5.75 Å². The van der Waals surface area contributed by atoms with E-state index in [9.17, 15) is 0 Å². The van der Waals surface area contributed by atoms with E-state index in [2.05, 4.69) is 57.8 Å². The molecule has 1 unspecified atom stereocenters. The molecule has 0 aliphatic heterocycles. The highest BCUT2D eigenvalue weighted by atomic mass is 16.5. The molecular formula is C16H25NO. The molecule has 100 valence electrons. The predicted octanol–water partition coefficient (Wildman–Crippen LogP) is 3.66. The first-order valence-corrected chi connectivity index (χ1v) is 6.63. The van der Waals surface area contributed by atoms with E-state index < -0.39 is 0 Å². The molecule has 0 aromatic heterocycles. The Morgan fingerprint density at radius 3 is 2.67 bits per heavy atom. The van der Waals surface area contributed by atoms with Crippen molar-refractivity contribution in [1.29, 1.82) is 0 Å².